The van der Waals surface area contributed by atoms with Crippen LogP contribution in [0.1, 0.15) is 45.1 Å². The SMILES string of the molecule is Cc1ccc(-n2nc(C(=O)NCc3ccnc(-n4ccnc4C)c3)c3c2CCC3)cc1. The van der Waals surface area contributed by atoms with E-state index >= 15 is 0 Å². The van der Waals surface area contributed by atoms with E-state index in [0.717, 1.165) is 53.4 Å². The maximum Gasteiger partial charge on any atom is 0.272 e. The molecule has 0 fully saturated rings. The van der Waals surface area contributed by atoms with Gasteiger partial charge in [0.25, 0.3) is 5.91 Å². The van der Waals surface area contributed by atoms with Crippen LogP contribution < -0.4 is 5.32 Å². The highest BCUT2D eigenvalue weighted by atomic mass is 16.1. The summed E-state index contributed by atoms with van der Waals surface area (Å²) in [5, 5.41) is 7.73. The summed E-state index contributed by atoms with van der Waals surface area (Å²) < 4.78 is 3.85. The first-order chi connectivity index (χ1) is 15.1. The molecule has 0 saturated carbocycles. The number of fused-ring (bicyclic) bond motifs is 1. The van der Waals surface area contributed by atoms with Crippen LogP contribution in [0.3, 0.4) is 0 Å². The molecule has 0 spiro atoms. The Morgan fingerprint density at radius 1 is 1.06 bits per heavy atom. The van der Waals surface area contributed by atoms with Crippen molar-refractivity contribution >= 4 is 5.91 Å². The predicted octanol–water partition coefficient (Wildman–Crippen LogP) is 3.49. The fourth-order valence-electron chi connectivity index (χ4n) is 4.11. The molecule has 1 aromatic carbocycles. The lowest BCUT2D eigenvalue weighted by atomic mass is 10.2. The van der Waals surface area contributed by atoms with Crippen molar-refractivity contribution in [3.05, 3.63) is 88.9 Å². The number of benzene rings is 1. The lowest BCUT2D eigenvalue weighted by Crippen LogP contribution is -2.24. The molecule has 156 valence electrons. The number of aryl methyl sites for hydroxylation is 2. The van der Waals surface area contributed by atoms with Gasteiger partial charge in [-0.25, -0.2) is 14.6 Å². The minimum absolute atomic E-state index is 0.138. The second-order valence-electron chi connectivity index (χ2n) is 7.92. The Morgan fingerprint density at radius 3 is 2.68 bits per heavy atom. The molecule has 0 saturated heterocycles. The number of hydrogen-bond acceptors (Lipinski definition) is 4. The topological polar surface area (TPSA) is 77.6 Å². The van der Waals surface area contributed by atoms with Gasteiger partial charge in [-0.05, 0) is 62.9 Å². The van der Waals surface area contributed by atoms with Crippen molar-refractivity contribution in [1.82, 2.24) is 29.6 Å². The molecular formula is C24H24N6O. The Labute approximate surface area is 180 Å². The van der Waals surface area contributed by atoms with Gasteiger partial charge >= 0.3 is 0 Å². The summed E-state index contributed by atoms with van der Waals surface area (Å²) in [5.74, 6) is 1.51. The molecule has 0 aliphatic heterocycles. The Bertz CT molecular complexity index is 1250. The van der Waals surface area contributed by atoms with Crippen molar-refractivity contribution in [3.8, 4) is 11.5 Å². The normalized spacial score (nSPS) is 12.7. The van der Waals surface area contributed by atoms with Crippen LogP contribution in [-0.2, 0) is 19.4 Å². The lowest BCUT2D eigenvalue weighted by Gasteiger charge is -2.08. The molecule has 1 aliphatic carbocycles. The summed E-state index contributed by atoms with van der Waals surface area (Å²) in [6, 6.07) is 12.1. The largest absolute Gasteiger partial charge is 0.347 e. The van der Waals surface area contributed by atoms with E-state index in [0.29, 0.717) is 12.2 Å². The third-order valence-corrected chi connectivity index (χ3v) is 5.76. The molecule has 4 aromatic rings. The first-order valence-corrected chi connectivity index (χ1v) is 10.5. The van der Waals surface area contributed by atoms with E-state index in [9.17, 15) is 4.79 Å². The van der Waals surface area contributed by atoms with Crippen LogP contribution in [0.5, 0.6) is 0 Å². The third kappa shape index (κ3) is 3.63. The summed E-state index contributed by atoms with van der Waals surface area (Å²) >= 11 is 0. The standard InChI is InChI=1S/C24H24N6O/c1-16-6-8-19(9-7-16)30-21-5-3-4-20(21)23(28-30)24(31)27-15-18-10-11-26-22(14-18)29-13-12-25-17(29)2/h6-14H,3-5,15H2,1-2H3,(H,27,31). The third-order valence-electron chi connectivity index (χ3n) is 5.76. The highest BCUT2D eigenvalue weighted by Gasteiger charge is 2.26. The van der Waals surface area contributed by atoms with Gasteiger partial charge in [-0.1, -0.05) is 17.7 Å². The molecule has 1 N–H and O–H groups in total. The van der Waals surface area contributed by atoms with Gasteiger partial charge in [0.15, 0.2) is 5.69 Å². The maximum absolute atomic E-state index is 13.0. The van der Waals surface area contributed by atoms with Crippen molar-refractivity contribution in [2.75, 3.05) is 0 Å². The van der Waals surface area contributed by atoms with Crippen LogP contribution in [0.2, 0.25) is 0 Å². The quantitative estimate of drug-likeness (QED) is 0.544. The predicted molar refractivity (Wildman–Crippen MR) is 118 cm³/mol. The van der Waals surface area contributed by atoms with Crippen LogP contribution in [0.4, 0.5) is 0 Å². The van der Waals surface area contributed by atoms with Gasteiger partial charge in [-0.15, -0.1) is 0 Å². The van der Waals surface area contributed by atoms with Gasteiger partial charge in [0.1, 0.15) is 11.6 Å². The molecule has 1 aliphatic rings. The smallest absolute Gasteiger partial charge is 0.272 e. The van der Waals surface area contributed by atoms with Crippen LogP contribution >= 0.6 is 0 Å². The molecule has 1 amide bonds. The van der Waals surface area contributed by atoms with Crippen molar-refractivity contribution < 1.29 is 4.79 Å². The molecule has 5 rings (SSSR count). The molecule has 0 unspecified atom stereocenters. The van der Waals surface area contributed by atoms with Crippen LogP contribution in [0.25, 0.3) is 11.5 Å². The lowest BCUT2D eigenvalue weighted by molar-refractivity contribution is 0.0944. The number of nitrogens with zero attached hydrogens (tertiary/aromatic N) is 5. The van der Waals surface area contributed by atoms with E-state index in [2.05, 4.69) is 46.5 Å². The van der Waals surface area contributed by atoms with E-state index in [4.69, 9.17) is 5.10 Å². The number of aromatic nitrogens is 5. The van der Waals surface area contributed by atoms with Gasteiger partial charge in [-0.2, -0.15) is 5.10 Å². The number of carbonyl (C=O) groups excluding carboxylic acids is 1. The second-order valence-corrected chi connectivity index (χ2v) is 7.92. The molecule has 3 heterocycles. The number of pyridine rings is 1. The zero-order chi connectivity index (χ0) is 21.4. The molecule has 0 bridgehead atoms. The monoisotopic (exact) mass is 412 g/mol. The summed E-state index contributed by atoms with van der Waals surface area (Å²) in [4.78, 5) is 21.7. The molecule has 7 heteroatoms. The van der Waals surface area contributed by atoms with Gasteiger partial charge in [-0.3, -0.25) is 9.36 Å². The number of carbonyl (C=O) groups is 1. The van der Waals surface area contributed by atoms with Crippen molar-refractivity contribution in [2.45, 2.75) is 39.7 Å². The minimum atomic E-state index is -0.138. The van der Waals surface area contributed by atoms with Gasteiger partial charge < -0.3 is 5.32 Å². The average Bonchev–Trinajstić information content (AvgIpc) is 3.50. The maximum atomic E-state index is 13.0. The Kier molecular flexibility index (Phi) is 4.86. The summed E-state index contributed by atoms with van der Waals surface area (Å²) in [7, 11) is 0. The fourth-order valence-corrected chi connectivity index (χ4v) is 4.11. The summed E-state index contributed by atoms with van der Waals surface area (Å²) in [5.41, 5.74) is 5.93. The second kappa shape index (κ2) is 7.83. The molecular weight excluding hydrogens is 388 g/mol. The van der Waals surface area contributed by atoms with Crippen LogP contribution in [0.15, 0.2) is 55.0 Å². The number of amides is 1. The van der Waals surface area contributed by atoms with Crippen LogP contribution in [-0.4, -0.2) is 30.2 Å². The van der Waals surface area contributed by atoms with E-state index in [-0.39, 0.29) is 5.91 Å². The first kappa shape index (κ1) is 19.2. The van der Waals surface area contributed by atoms with E-state index in [1.165, 1.54) is 5.56 Å². The van der Waals surface area contributed by atoms with Crippen molar-refractivity contribution in [3.63, 3.8) is 0 Å². The molecule has 3 aromatic heterocycles. The first-order valence-electron chi connectivity index (χ1n) is 10.5. The molecule has 7 nitrogen and oxygen atoms in total. The molecule has 0 radical (unpaired) electrons. The number of hydrogen-bond donors (Lipinski definition) is 1. The van der Waals surface area contributed by atoms with Crippen molar-refractivity contribution in [2.24, 2.45) is 0 Å². The van der Waals surface area contributed by atoms with Crippen LogP contribution in [0, 0.1) is 13.8 Å². The van der Waals surface area contributed by atoms with Crippen molar-refractivity contribution in [1.29, 1.82) is 0 Å². The zero-order valence-electron chi connectivity index (χ0n) is 17.7. The van der Waals surface area contributed by atoms with E-state index < -0.39 is 0 Å². The number of rotatable bonds is 5. The van der Waals surface area contributed by atoms with Gasteiger partial charge in [0.2, 0.25) is 0 Å². The Hall–Kier alpha value is -3.74. The fraction of sp³-hybridized carbons (Fsp3) is 0.250. The van der Waals surface area contributed by atoms with E-state index in [1.807, 2.05) is 34.5 Å². The summed E-state index contributed by atoms with van der Waals surface area (Å²) in [6.45, 7) is 4.41. The average molecular weight is 412 g/mol. The molecule has 31 heavy (non-hydrogen) atoms. The Balaban J connectivity index is 1.37. The van der Waals surface area contributed by atoms with Gasteiger partial charge in [0, 0.05) is 36.4 Å². The highest BCUT2D eigenvalue weighted by molar-refractivity contribution is 5.94. The zero-order valence-corrected chi connectivity index (χ0v) is 17.7. The number of nitrogens with one attached hydrogen (secondary N) is 1. The highest BCUT2D eigenvalue weighted by Crippen LogP contribution is 2.28. The Morgan fingerprint density at radius 2 is 1.90 bits per heavy atom. The number of imidazole rings is 1. The van der Waals surface area contributed by atoms with E-state index in [1.54, 1.807) is 12.4 Å². The molecule has 0 atom stereocenters. The van der Waals surface area contributed by atoms with Gasteiger partial charge in [0.05, 0.1) is 5.69 Å². The summed E-state index contributed by atoms with van der Waals surface area (Å²) in [6.07, 6.45) is 8.26. The minimum Gasteiger partial charge on any atom is -0.347 e.